The third kappa shape index (κ3) is 2.89. The Morgan fingerprint density at radius 2 is 1.95 bits per heavy atom. The third-order valence-corrected chi connectivity index (χ3v) is 4.20. The van der Waals surface area contributed by atoms with Gasteiger partial charge in [-0.1, -0.05) is 11.6 Å². The van der Waals surface area contributed by atoms with Crippen molar-refractivity contribution in [2.75, 3.05) is 6.54 Å². The molecule has 0 amide bonds. The van der Waals surface area contributed by atoms with Crippen molar-refractivity contribution in [3.63, 3.8) is 0 Å². The molecule has 1 N–H and O–H groups in total. The SMILES string of the molecule is Cc1nn(-c2ccc(Cl)cc2)c(C)c1CNCC1CC1. The summed E-state index contributed by atoms with van der Waals surface area (Å²) in [4.78, 5) is 0. The molecule has 1 aromatic carbocycles. The first-order valence-corrected chi connectivity index (χ1v) is 7.54. The zero-order valence-electron chi connectivity index (χ0n) is 12.0. The molecule has 1 aromatic heterocycles. The highest BCUT2D eigenvalue weighted by Crippen LogP contribution is 2.28. The number of benzene rings is 1. The summed E-state index contributed by atoms with van der Waals surface area (Å²) < 4.78 is 2.00. The van der Waals surface area contributed by atoms with Gasteiger partial charge in [0.05, 0.1) is 11.4 Å². The lowest BCUT2D eigenvalue weighted by Crippen LogP contribution is -2.17. The predicted molar refractivity (Wildman–Crippen MR) is 82.5 cm³/mol. The van der Waals surface area contributed by atoms with Crippen LogP contribution in [0.1, 0.15) is 29.8 Å². The molecule has 4 heteroatoms. The van der Waals surface area contributed by atoms with Crippen LogP contribution in [0, 0.1) is 19.8 Å². The van der Waals surface area contributed by atoms with Crippen LogP contribution in [-0.4, -0.2) is 16.3 Å². The van der Waals surface area contributed by atoms with Crippen LogP contribution in [0.3, 0.4) is 0 Å². The quantitative estimate of drug-likeness (QED) is 0.911. The number of hydrogen-bond acceptors (Lipinski definition) is 2. The monoisotopic (exact) mass is 289 g/mol. The Hall–Kier alpha value is -1.32. The number of aryl methyl sites for hydroxylation is 1. The van der Waals surface area contributed by atoms with Crippen molar-refractivity contribution in [2.24, 2.45) is 5.92 Å². The van der Waals surface area contributed by atoms with E-state index in [0.29, 0.717) is 0 Å². The van der Waals surface area contributed by atoms with Crippen LogP contribution < -0.4 is 5.32 Å². The van der Waals surface area contributed by atoms with Crippen molar-refractivity contribution in [1.29, 1.82) is 0 Å². The highest BCUT2D eigenvalue weighted by Gasteiger charge is 2.21. The van der Waals surface area contributed by atoms with Gasteiger partial charge in [-0.05, 0) is 63.4 Å². The van der Waals surface area contributed by atoms with Gasteiger partial charge in [-0.3, -0.25) is 0 Å². The van der Waals surface area contributed by atoms with Gasteiger partial charge in [0.15, 0.2) is 0 Å². The molecule has 1 fully saturated rings. The number of rotatable bonds is 5. The van der Waals surface area contributed by atoms with Crippen LogP contribution in [-0.2, 0) is 6.54 Å². The van der Waals surface area contributed by atoms with E-state index in [1.54, 1.807) is 0 Å². The highest BCUT2D eigenvalue weighted by atomic mass is 35.5. The van der Waals surface area contributed by atoms with E-state index in [1.165, 1.54) is 24.1 Å². The van der Waals surface area contributed by atoms with Crippen molar-refractivity contribution in [3.05, 3.63) is 46.2 Å². The van der Waals surface area contributed by atoms with Gasteiger partial charge in [0, 0.05) is 22.8 Å². The summed E-state index contributed by atoms with van der Waals surface area (Å²) in [6.07, 6.45) is 2.77. The van der Waals surface area contributed by atoms with Gasteiger partial charge in [0.2, 0.25) is 0 Å². The lowest BCUT2D eigenvalue weighted by Gasteiger charge is -2.06. The molecular formula is C16H20ClN3. The largest absolute Gasteiger partial charge is 0.312 e. The summed E-state index contributed by atoms with van der Waals surface area (Å²) in [6, 6.07) is 7.81. The van der Waals surface area contributed by atoms with Crippen molar-refractivity contribution in [1.82, 2.24) is 15.1 Å². The maximum absolute atomic E-state index is 5.94. The second kappa shape index (κ2) is 5.58. The Morgan fingerprint density at radius 3 is 2.60 bits per heavy atom. The molecule has 3 nitrogen and oxygen atoms in total. The van der Waals surface area contributed by atoms with Crippen LogP contribution in [0.5, 0.6) is 0 Å². The molecular weight excluding hydrogens is 270 g/mol. The second-order valence-corrected chi connectivity index (χ2v) is 6.05. The summed E-state index contributed by atoms with van der Waals surface area (Å²) in [5.74, 6) is 0.905. The van der Waals surface area contributed by atoms with Gasteiger partial charge in [-0.15, -0.1) is 0 Å². The number of nitrogens with zero attached hydrogens (tertiary/aromatic N) is 2. The Labute approximate surface area is 124 Å². The first kappa shape index (κ1) is 13.7. The molecule has 0 saturated heterocycles. The number of aromatic nitrogens is 2. The molecule has 0 atom stereocenters. The fourth-order valence-electron chi connectivity index (χ4n) is 2.49. The van der Waals surface area contributed by atoms with Crippen LogP contribution in [0.15, 0.2) is 24.3 Å². The molecule has 0 unspecified atom stereocenters. The fraction of sp³-hybridized carbons (Fsp3) is 0.438. The Kier molecular flexibility index (Phi) is 3.81. The second-order valence-electron chi connectivity index (χ2n) is 5.61. The molecule has 0 aliphatic heterocycles. The Bertz CT molecular complexity index is 597. The first-order valence-electron chi connectivity index (χ1n) is 7.17. The lowest BCUT2D eigenvalue weighted by atomic mass is 10.2. The number of halogens is 1. The third-order valence-electron chi connectivity index (χ3n) is 3.94. The van der Waals surface area contributed by atoms with E-state index in [9.17, 15) is 0 Å². The van der Waals surface area contributed by atoms with E-state index < -0.39 is 0 Å². The van der Waals surface area contributed by atoms with Crippen molar-refractivity contribution in [2.45, 2.75) is 33.2 Å². The van der Waals surface area contributed by atoms with Crippen LogP contribution in [0.4, 0.5) is 0 Å². The lowest BCUT2D eigenvalue weighted by molar-refractivity contribution is 0.635. The van der Waals surface area contributed by atoms with E-state index in [-0.39, 0.29) is 0 Å². The summed E-state index contributed by atoms with van der Waals surface area (Å²) in [5.41, 5.74) is 4.66. The van der Waals surface area contributed by atoms with Crippen LogP contribution in [0.2, 0.25) is 5.02 Å². The van der Waals surface area contributed by atoms with E-state index in [1.807, 2.05) is 28.9 Å². The summed E-state index contributed by atoms with van der Waals surface area (Å²) in [6.45, 7) is 6.24. The summed E-state index contributed by atoms with van der Waals surface area (Å²) >= 11 is 5.94. The molecule has 20 heavy (non-hydrogen) atoms. The molecule has 2 aromatic rings. The molecule has 1 heterocycles. The standard InChI is InChI=1S/C16H20ClN3/c1-11-16(10-18-9-13-3-4-13)12(2)20(19-11)15-7-5-14(17)6-8-15/h5-8,13,18H,3-4,9-10H2,1-2H3. The smallest absolute Gasteiger partial charge is 0.0649 e. The maximum atomic E-state index is 5.94. The summed E-state index contributed by atoms with van der Waals surface area (Å²) in [7, 11) is 0. The minimum Gasteiger partial charge on any atom is -0.312 e. The van der Waals surface area contributed by atoms with Crippen molar-refractivity contribution < 1.29 is 0 Å². The van der Waals surface area contributed by atoms with E-state index >= 15 is 0 Å². The molecule has 1 saturated carbocycles. The van der Waals surface area contributed by atoms with Crippen molar-refractivity contribution in [3.8, 4) is 5.69 Å². The average Bonchev–Trinajstić information content (AvgIpc) is 3.21. The minimum atomic E-state index is 0.751. The zero-order chi connectivity index (χ0) is 14.1. The van der Waals surface area contributed by atoms with Gasteiger partial charge in [0.25, 0.3) is 0 Å². The molecule has 3 rings (SSSR count). The minimum absolute atomic E-state index is 0.751. The van der Waals surface area contributed by atoms with Gasteiger partial charge in [-0.2, -0.15) is 5.10 Å². The van der Waals surface area contributed by atoms with Crippen LogP contribution >= 0.6 is 11.6 Å². The van der Waals surface area contributed by atoms with E-state index in [0.717, 1.165) is 35.4 Å². The molecule has 0 spiro atoms. The Balaban J connectivity index is 1.79. The molecule has 0 radical (unpaired) electrons. The Morgan fingerprint density at radius 1 is 1.25 bits per heavy atom. The number of hydrogen-bond donors (Lipinski definition) is 1. The highest BCUT2D eigenvalue weighted by molar-refractivity contribution is 6.30. The van der Waals surface area contributed by atoms with Gasteiger partial charge < -0.3 is 5.32 Å². The predicted octanol–water partition coefficient (Wildman–Crippen LogP) is 3.64. The normalized spacial score (nSPS) is 14.8. The van der Waals surface area contributed by atoms with Gasteiger partial charge in [-0.25, -0.2) is 4.68 Å². The van der Waals surface area contributed by atoms with Crippen molar-refractivity contribution >= 4 is 11.6 Å². The molecule has 106 valence electrons. The van der Waals surface area contributed by atoms with Gasteiger partial charge >= 0.3 is 0 Å². The molecule has 1 aliphatic rings. The zero-order valence-corrected chi connectivity index (χ0v) is 12.7. The fourth-order valence-corrected chi connectivity index (χ4v) is 2.61. The topological polar surface area (TPSA) is 29.9 Å². The average molecular weight is 290 g/mol. The van der Waals surface area contributed by atoms with E-state index in [2.05, 4.69) is 24.3 Å². The number of nitrogens with one attached hydrogen (secondary N) is 1. The molecule has 0 bridgehead atoms. The first-order chi connectivity index (χ1) is 9.65. The van der Waals surface area contributed by atoms with Gasteiger partial charge in [0.1, 0.15) is 0 Å². The van der Waals surface area contributed by atoms with E-state index in [4.69, 9.17) is 11.6 Å². The maximum Gasteiger partial charge on any atom is 0.0649 e. The van der Waals surface area contributed by atoms with Crippen LogP contribution in [0.25, 0.3) is 5.69 Å². The molecule has 1 aliphatic carbocycles. The summed E-state index contributed by atoms with van der Waals surface area (Å²) in [5, 5.41) is 8.95.